The van der Waals surface area contributed by atoms with Gasteiger partial charge in [-0.3, -0.25) is 5.32 Å². The van der Waals surface area contributed by atoms with E-state index in [1.165, 1.54) is 4.90 Å². The summed E-state index contributed by atoms with van der Waals surface area (Å²) in [6, 6.07) is 1.25. The van der Waals surface area contributed by atoms with E-state index in [0.717, 1.165) is 0 Å². The van der Waals surface area contributed by atoms with Gasteiger partial charge < -0.3 is 9.42 Å². The Labute approximate surface area is 105 Å². The van der Waals surface area contributed by atoms with Crippen LogP contribution in [0.1, 0.15) is 12.1 Å². The van der Waals surface area contributed by atoms with Gasteiger partial charge in [0.15, 0.2) is 9.84 Å². The predicted molar refractivity (Wildman–Crippen MR) is 65.1 cm³/mol. The van der Waals surface area contributed by atoms with Crippen molar-refractivity contribution in [1.82, 2.24) is 10.1 Å². The second-order valence-corrected chi connectivity index (χ2v) is 6.56. The molecule has 1 aromatic heterocycles. The van der Waals surface area contributed by atoms with E-state index in [9.17, 15) is 13.2 Å². The molecule has 8 heteroatoms. The fraction of sp³-hybridized carbons (Fsp3) is 0.600. The molecule has 0 aromatic carbocycles. The van der Waals surface area contributed by atoms with Crippen molar-refractivity contribution in [2.24, 2.45) is 0 Å². The number of nitrogens with zero attached hydrogens (tertiary/aromatic N) is 2. The molecule has 7 nitrogen and oxygen atoms in total. The summed E-state index contributed by atoms with van der Waals surface area (Å²) in [6.45, 7) is 2.39. The number of sulfone groups is 1. The number of urea groups is 1. The van der Waals surface area contributed by atoms with Crippen molar-refractivity contribution in [2.75, 3.05) is 29.9 Å². The van der Waals surface area contributed by atoms with Crippen molar-refractivity contribution in [3.63, 3.8) is 0 Å². The van der Waals surface area contributed by atoms with Gasteiger partial charge in [0.1, 0.15) is 0 Å². The number of hydrogen-bond donors (Lipinski definition) is 1. The molecule has 0 spiro atoms. The Morgan fingerprint density at radius 1 is 1.44 bits per heavy atom. The standard InChI is InChI=1S/C10H15N3O4S/c1-8-7-9(17-12-8)11-10(14)13-3-2-5-18(15,16)6-4-13/h7H,2-6H2,1H3,(H,11,14). The number of aromatic nitrogens is 1. The normalized spacial score (nSPS) is 19.3. The maximum Gasteiger partial charge on any atom is 0.324 e. The highest BCUT2D eigenvalue weighted by Gasteiger charge is 2.23. The molecule has 0 atom stereocenters. The van der Waals surface area contributed by atoms with Gasteiger partial charge in [0.05, 0.1) is 17.2 Å². The Bertz CT molecular complexity index is 537. The van der Waals surface area contributed by atoms with Crippen LogP contribution in [0.2, 0.25) is 0 Å². The number of anilines is 1. The summed E-state index contributed by atoms with van der Waals surface area (Å²) in [5, 5.41) is 6.20. The van der Waals surface area contributed by atoms with Crippen LogP contribution < -0.4 is 5.32 Å². The Morgan fingerprint density at radius 3 is 2.89 bits per heavy atom. The van der Waals surface area contributed by atoms with E-state index >= 15 is 0 Å². The fourth-order valence-electron chi connectivity index (χ4n) is 1.75. The van der Waals surface area contributed by atoms with E-state index < -0.39 is 9.84 Å². The molecule has 100 valence electrons. The highest BCUT2D eigenvalue weighted by Crippen LogP contribution is 2.11. The predicted octanol–water partition coefficient (Wildman–Crippen LogP) is 0.635. The molecule has 0 unspecified atom stereocenters. The van der Waals surface area contributed by atoms with Gasteiger partial charge in [-0.25, -0.2) is 13.2 Å². The summed E-state index contributed by atoms with van der Waals surface area (Å²) >= 11 is 0. The Hall–Kier alpha value is -1.57. The molecule has 2 rings (SSSR count). The highest BCUT2D eigenvalue weighted by atomic mass is 32.2. The third-order valence-corrected chi connectivity index (χ3v) is 4.42. The van der Waals surface area contributed by atoms with Crippen LogP contribution in [0.25, 0.3) is 0 Å². The lowest BCUT2D eigenvalue weighted by atomic mass is 10.4. The summed E-state index contributed by atoms with van der Waals surface area (Å²) in [7, 11) is -3.01. The largest absolute Gasteiger partial charge is 0.338 e. The van der Waals surface area contributed by atoms with Crippen LogP contribution in [0.4, 0.5) is 10.7 Å². The zero-order valence-corrected chi connectivity index (χ0v) is 10.9. The number of carbonyl (C=O) groups is 1. The number of aryl methyl sites for hydroxylation is 1. The topological polar surface area (TPSA) is 92.5 Å². The molecule has 2 amide bonds. The molecule has 2 heterocycles. The van der Waals surface area contributed by atoms with Gasteiger partial charge in [0.25, 0.3) is 0 Å². The van der Waals surface area contributed by atoms with Gasteiger partial charge in [0, 0.05) is 19.2 Å². The molecule has 0 saturated carbocycles. The Balaban J connectivity index is 1.97. The molecule has 1 aliphatic rings. The lowest BCUT2D eigenvalue weighted by Crippen LogP contribution is -2.36. The minimum Gasteiger partial charge on any atom is -0.338 e. The van der Waals surface area contributed by atoms with Crippen molar-refractivity contribution in [2.45, 2.75) is 13.3 Å². The molecule has 0 radical (unpaired) electrons. The highest BCUT2D eigenvalue weighted by molar-refractivity contribution is 7.91. The number of rotatable bonds is 1. The second kappa shape index (κ2) is 4.97. The van der Waals surface area contributed by atoms with Gasteiger partial charge in [-0.2, -0.15) is 0 Å². The first-order chi connectivity index (χ1) is 8.46. The first-order valence-corrected chi connectivity index (χ1v) is 7.48. The summed E-state index contributed by atoms with van der Waals surface area (Å²) in [5.41, 5.74) is 0.670. The fourth-order valence-corrected chi connectivity index (χ4v) is 3.02. The number of amides is 2. The summed E-state index contributed by atoms with van der Waals surface area (Å²) in [5.74, 6) is 0.415. The SMILES string of the molecule is Cc1cc(NC(=O)N2CCCS(=O)(=O)CC2)on1. The quantitative estimate of drug-likeness (QED) is 0.810. The number of nitrogens with one attached hydrogen (secondary N) is 1. The smallest absolute Gasteiger partial charge is 0.324 e. The summed E-state index contributed by atoms with van der Waals surface area (Å²) < 4.78 is 27.7. The molecule has 1 aliphatic heterocycles. The summed E-state index contributed by atoms with van der Waals surface area (Å²) in [4.78, 5) is 13.3. The van der Waals surface area contributed by atoms with Crippen molar-refractivity contribution >= 4 is 21.8 Å². The average Bonchev–Trinajstić information content (AvgIpc) is 2.58. The molecule has 18 heavy (non-hydrogen) atoms. The average molecular weight is 273 g/mol. The third-order valence-electron chi connectivity index (χ3n) is 2.70. The van der Waals surface area contributed by atoms with E-state index in [2.05, 4.69) is 10.5 Å². The molecule has 0 bridgehead atoms. The van der Waals surface area contributed by atoms with Gasteiger partial charge in [-0.15, -0.1) is 0 Å². The summed E-state index contributed by atoms with van der Waals surface area (Å²) in [6.07, 6.45) is 0.463. The van der Waals surface area contributed by atoms with E-state index in [-0.39, 0.29) is 30.0 Å². The molecule has 1 aromatic rings. The van der Waals surface area contributed by atoms with Crippen molar-refractivity contribution in [3.8, 4) is 0 Å². The lowest BCUT2D eigenvalue weighted by Gasteiger charge is -2.18. The Morgan fingerprint density at radius 2 is 2.22 bits per heavy atom. The van der Waals surface area contributed by atoms with Crippen LogP contribution in [0, 0.1) is 6.92 Å². The maximum atomic E-state index is 11.9. The first-order valence-electron chi connectivity index (χ1n) is 5.66. The van der Waals surface area contributed by atoms with E-state index in [1.54, 1.807) is 13.0 Å². The molecular formula is C10H15N3O4S. The molecule has 1 fully saturated rings. The monoisotopic (exact) mass is 273 g/mol. The molecule has 1 saturated heterocycles. The van der Waals surface area contributed by atoms with E-state index in [1.807, 2.05) is 0 Å². The van der Waals surface area contributed by atoms with E-state index in [0.29, 0.717) is 18.7 Å². The van der Waals surface area contributed by atoms with Gasteiger partial charge in [0.2, 0.25) is 5.88 Å². The zero-order chi connectivity index (χ0) is 13.2. The van der Waals surface area contributed by atoms with E-state index in [4.69, 9.17) is 4.52 Å². The van der Waals surface area contributed by atoms with Crippen LogP contribution in [-0.4, -0.2) is 49.1 Å². The van der Waals surface area contributed by atoms with Gasteiger partial charge >= 0.3 is 6.03 Å². The van der Waals surface area contributed by atoms with Crippen LogP contribution in [0.5, 0.6) is 0 Å². The Kier molecular flexibility index (Phi) is 3.55. The van der Waals surface area contributed by atoms with Crippen LogP contribution in [0.3, 0.4) is 0 Å². The zero-order valence-electron chi connectivity index (χ0n) is 10.0. The number of hydrogen-bond acceptors (Lipinski definition) is 5. The van der Waals surface area contributed by atoms with Crippen LogP contribution >= 0.6 is 0 Å². The number of carbonyl (C=O) groups excluding carboxylic acids is 1. The van der Waals surface area contributed by atoms with Gasteiger partial charge in [-0.05, 0) is 13.3 Å². The molecule has 1 N–H and O–H groups in total. The minimum absolute atomic E-state index is 0.00977. The lowest BCUT2D eigenvalue weighted by molar-refractivity contribution is 0.215. The van der Waals surface area contributed by atoms with Crippen molar-refractivity contribution < 1.29 is 17.7 Å². The van der Waals surface area contributed by atoms with Gasteiger partial charge in [-0.1, -0.05) is 5.16 Å². The maximum absolute atomic E-state index is 11.9. The minimum atomic E-state index is -3.01. The van der Waals surface area contributed by atoms with Crippen molar-refractivity contribution in [1.29, 1.82) is 0 Å². The van der Waals surface area contributed by atoms with Crippen LogP contribution in [-0.2, 0) is 9.84 Å². The van der Waals surface area contributed by atoms with Crippen LogP contribution in [0.15, 0.2) is 10.6 Å². The first kappa shape index (κ1) is 12.9. The molecular weight excluding hydrogens is 258 g/mol. The molecule has 0 aliphatic carbocycles. The third kappa shape index (κ3) is 3.22. The second-order valence-electron chi connectivity index (χ2n) is 4.26. The van der Waals surface area contributed by atoms with Crippen molar-refractivity contribution in [3.05, 3.63) is 11.8 Å².